The first-order valence-electron chi connectivity index (χ1n) is 11.6. The van der Waals surface area contributed by atoms with Crippen molar-refractivity contribution in [2.45, 2.75) is 51.4 Å². The predicted octanol–water partition coefficient (Wildman–Crippen LogP) is 0.544. The average molecular weight is 509 g/mol. The third kappa shape index (κ3) is 17.8. The van der Waals surface area contributed by atoms with E-state index in [1.165, 1.54) is 14.2 Å². The van der Waals surface area contributed by atoms with Crippen LogP contribution in [0.4, 0.5) is 0 Å². The zero-order valence-corrected chi connectivity index (χ0v) is 20.8. The molecule has 0 saturated carbocycles. The predicted molar refractivity (Wildman–Crippen MR) is 121 cm³/mol. The fourth-order valence-electron chi connectivity index (χ4n) is 3.03. The van der Waals surface area contributed by atoms with Crippen molar-refractivity contribution in [2.75, 3.05) is 67.1 Å². The van der Waals surface area contributed by atoms with E-state index in [1.54, 1.807) is 0 Å². The van der Waals surface area contributed by atoms with Gasteiger partial charge in [0.15, 0.2) is 0 Å². The number of aliphatic hydroxyl groups is 2. The summed E-state index contributed by atoms with van der Waals surface area (Å²) in [5.41, 5.74) is -0.855. The summed E-state index contributed by atoms with van der Waals surface area (Å²) in [5, 5.41) is 17.1. The summed E-state index contributed by atoms with van der Waals surface area (Å²) in [7, 11) is 2.97. The molecule has 0 rings (SSSR count). The molecule has 0 saturated heterocycles. The number of esters is 4. The lowest BCUT2D eigenvalue weighted by atomic mass is 9.92. The van der Waals surface area contributed by atoms with Crippen molar-refractivity contribution < 1.29 is 57.8 Å². The molecule has 12 nitrogen and oxygen atoms in total. The molecule has 0 unspecified atom stereocenters. The molecule has 204 valence electrons. The Morgan fingerprint density at radius 3 is 1.29 bits per heavy atom. The molecule has 0 radical (unpaired) electrons. The van der Waals surface area contributed by atoms with Crippen LogP contribution >= 0.6 is 0 Å². The lowest BCUT2D eigenvalue weighted by molar-refractivity contribution is -0.161. The van der Waals surface area contributed by atoms with E-state index in [0.29, 0.717) is 38.5 Å². The summed E-state index contributed by atoms with van der Waals surface area (Å²) in [6, 6.07) is 0. The third-order valence-corrected chi connectivity index (χ3v) is 4.81. The van der Waals surface area contributed by atoms with Crippen molar-refractivity contribution >= 4 is 23.9 Å². The van der Waals surface area contributed by atoms with Crippen LogP contribution in [0, 0.1) is 5.41 Å². The molecule has 0 aromatic carbocycles. The van der Waals surface area contributed by atoms with Crippen molar-refractivity contribution in [2.24, 2.45) is 5.41 Å². The maximum Gasteiger partial charge on any atom is 0.331 e. The molecule has 0 aromatic heterocycles. The number of hydrogen-bond acceptors (Lipinski definition) is 12. The highest BCUT2D eigenvalue weighted by atomic mass is 16.6. The standard InChI is InChI=1S/C23H40O12/c1-30-15-23(16-31-2,17-34-19(26)9-5-3-7-11-32-21(28)13-24)18-35-20(27)10-6-4-8-12-33-22(29)14-25/h24-25H,3-18H2,1-2H3. The van der Waals surface area contributed by atoms with E-state index in [-0.39, 0.29) is 52.5 Å². The van der Waals surface area contributed by atoms with Crippen molar-refractivity contribution in [1.82, 2.24) is 0 Å². The lowest BCUT2D eigenvalue weighted by Gasteiger charge is -2.31. The van der Waals surface area contributed by atoms with Crippen molar-refractivity contribution in [3.63, 3.8) is 0 Å². The topological polar surface area (TPSA) is 164 Å². The smallest absolute Gasteiger partial charge is 0.331 e. The second-order valence-electron chi connectivity index (χ2n) is 8.07. The van der Waals surface area contributed by atoms with E-state index < -0.39 is 42.5 Å². The van der Waals surface area contributed by atoms with Gasteiger partial charge in [-0.3, -0.25) is 9.59 Å². The van der Waals surface area contributed by atoms with Crippen LogP contribution in [0.25, 0.3) is 0 Å². The van der Waals surface area contributed by atoms with Gasteiger partial charge in [-0.15, -0.1) is 0 Å². The van der Waals surface area contributed by atoms with E-state index in [0.717, 1.165) is 0 Å². The Labute approximate surface area is 206 Å². The van der Waals surface area contributed by atoms with Gasteiger partial charge in [0.1, 0.15) is 26.4 Å². The largest absolute Gasteiger partial charge is 0.465 e. The van der Waals surface area contributed by atoms with Gasteiger partial charge in [-0.1, -0.05) is 0 Å². The zero-order valence-electron chi connectivity index (χ0n) is 20.8. The number of carbonyl (C=O) groups is 4. The van der Waals surface area contributed by atoms with Crippen LogP contribution in [-0.4, -0.2) is 101 Å². The van der Waals surface area contributed by atoms with Gasteiger partial charge in [-0.05, 0) is 38.5 Å². The first kappa shape index (κ1) is 32.7. The number of hydrogen-bond donors (Lipinski definition) is 2. The van der Waals surface area contributed by atoms with E-state index >= 15 is 0 Å². The molecule has 2 N–H and O–H groups in total. The molecule has 0 atom stereocenters. The number of aliphatic hydroxyl groups excluding tert-OH is 2. The van der Waals surface area contributed by atoms with Gasteiger partial charge < -0.3 is 38.6 Å². The Balaban J connectivity index is 4.34. The van der Waals surface area contributed by atoms with Gasteiger partial charge in [0.05, 0.1) is 31.8 Å². The van der Waals surface area contributed by atoms with Crippen molar-refractivity contribution in [1.29, 1.82) is 0 Å². The first-order chi connectivity index (χ1) is 16.8. The van der Waals surface area contributed by atoms with Crippen molar-refractivity contribution in [3.8, 4) is 0 Å². The van der Waals surface area contributed by atoms with Crippen LogP contribution in [0.5, 0.6) is 0 Å². The van der Waals surface area contributed by atoms with E-state index in [2.05, 4.69) is 0 Å². The second-order valence-corrected chi connectivity index (χ2v) is 8.07. The molecule has 0 spiro atoms. The van der Waals surface area contributed by atoms with Crippen molar-refractivity contribution in [3.05, 3.63) is 0 Å². The average Bonchev–Trinajstić information content (AvgIpc) is 2.85. The minimum atomic E-state index is -0.855. The molecule has 0 fully saturated rings. The Morgan fingerprint density at radius 2 is 0.943 bits per heavy atom. The molecule has 35 heavy (non-hydrogen) atoms. The second kappa shape index (κ2) is 21.0. The molecule has 0 heterocycles. The normalized spacial score (nSPS) is 11.1. The lowest BCUT2D eigenvalue weighted by Crippen LogP contribution is -2.42. The minimum Gasteiger partial charge on any atom is -0.465 e. The summed E-state index contributed by atoms with van der Waals surface area (Å²) >= 11 is 0. The highest BCUT2D eigenvalue weighted by molar-refractivity contribution is 5.71. The fourth-order valence-corrected chi connectivity index (χ4v) is 3.03. The Morgan fingerprint density at radius 1 is 0.543 bits per heavy atom. The quantitative estimate of drug-likeness (QED) is 0.119. The van der Waals surface area contributed by atoms with Gasteiger partial charge in [-0.2, -0.15) is 0 Å². The van der Waals surface area contributed by atoms with Gasteiger partial charge in [0.2, 0.25) is 0 Å². The molecule has 12 heteroatoms. The molecule has 0 aliphatic rings. The first-order valence-corrected chi connectivity index (χ1v) is 11.6. The molecule has 0 aliphatic heterocycles. The molecule has 0 amide bonds. The van der Waals surface area contributed by atoms with Crippen LogP contribution in [0.3, 0.4) is 0 Å². The number of methoxy groups -OCH3 is 2. The van der Waals surface area contributed by atoms with E-state index in [1.807, 2.05) is 0 Å². The van der Waals surface area contributed by atoms with E-state index in [9.17, 15) is 19.2 Å². The van der Waals surface area contributed by atoms with Crippen LogP contribution in [0.2, 0.25) is 0 Å². The number of carbonyl (C=O) groups excluding carboxylic acids is 4. The van der Waals surface area contributed by atoms with Crippen LogP contribution in [-0.2, 0) is 47.6 Å². The van der Waals surface area contributed by atoms with Gasteiger partial charge >= 0.3 is 23.9 Å². The SMILES string of the molecule is COCC(COC)(COC(=O)CCCCCOC(=O)CO)COC(=O)CCCCCOC(=O)CO. The summed E-state index contributed by atoms with van der Waals surface area (Å²) in [6.07, 6.45) is 3.89. The third-order valence-electron chi connectivity index (χ3n) is 4.81. The Kier molecular flexibility index (Phi) is 19.7. The Bertz CT molecular complexity index is 555. The number of rotatable bonds is 22. The highest BCUT2D eigenvalue weighted by Gasteiger charge is 2.34. The summed E-state index contributed by atoms with van der Waals surface area (Å²) in [4.78, 5) is 45.9. The van der Waals surface area contributed by atoms with E-state index in [4.69, 9.17) is 38.6 Å². The summed E-state index contributed by atoms with van der Waals surface area (Å²) in [6.45, 7) is -0.754. The summed E-state index contributed by atoms with van der Waals surface area (Å²) < 4.78 is 30.8. The monoisotopic (exact) mass is 508 g/mol. The van der Waals surface area contributed by atoms with Crippen LogP contribution < -0.4 is 0 Å². The van der Waals surface area contributed by atoms with Gasteiger partial charge in [-0.25, -0.2) is 9.59 Å². The van der Waals surface area contributed by atoms with Crippen LogP contribution in [0.1, 0.15) is 51.4 Å². The molecule has 0 aromatic rings. The van der Waals surface area contributed by atoms with Crippen LogP contribution in [0.15, 0.2) is 0 Å². The summed E-state index contributed by atoms with van der Waals surface area (Å²) in [5.74, 6) is -2.19. The van der Waals surface area contributed by atoms with Gasteiger partial charge in [0, 0.05) is 27.1 Å². The maximum absolute atomic E-state index is 12.1. The molecular weight excluding hydrogens is 468 g/mol. The van der Waals surface area contributed by atoms with Gasteiger partial charge in [0.25, 0.3) is 0 Å². The number of unbranched alkanes of at least 4 members (excludes halogenated alkanes) is 4. The Hall–Kier alpha value is -2.28. The number of ether oxygens (including phenoxy) is 6. The molecular formula is C23H40O12. The maximum atomic E-state index is 12.1. The molecule has 0 bridgehead atoms. The molecule has 0 aliphatic carbocycles. The fraction of sp³-hybridized carbons (Fsp3) is 0.826. The minimum absolute atomic E-state index is 0.0505. The highest BCUT2D eigenvalue weighted by Crippen LogP contribution is 2.21. The zero-order chi connectivity index (χ0) is 26.4.